The van der Waals surface area contributed by atoms with Gasteiger partial charge in [-0.05, 0) is 49.6 Å². The normalized spacial score (nSPS) is 10.6. The van der Waals surface area contributed by atoms with Gasteiger partial charge < -0.3 is 14.8 Å². The fourth-order valence-electron chi connectivity index (χ4n) is 2.51. The number of hydrogen-bond donors (Lipinski definition) is 2. The van der Waals surface area contributed by atoms with Gasteiger partial charge in [-0.2, -0.15) is 5.10 Å². The second kappa shape index (κ2) is 12.3. The third-order valence-electron chi connectivity index (χ3n) is 4.18. The van der Waals surface area contributed by atoms with E-state index in [2.05, 4.69) is 15.8 Å². The Balaban J connectivity index is 1.96. The number of benzene rings is 2. The van der Waals surface area contributed by atoms with Crippen LogP contribution in [0.25, 0.3) is 0 Å². The number of carbonyl (C=O) groups is 2. The summed E-state index contributed by atoms with van der Waals surface area (Å²) in [7, 11) is 0. The molecule has 0 aliphatic carbocycles. The summed E-state index contributed by atoms with van der Waals surface area (Å²) < 4.78 is 11.6. The molecule has 0 saturated heterocycles. The van der Waals surface area contributed by atoms with Crippen molar-refractivity contribution in [1.82, 2.24) is 10.7 Å². The highest BCUT2D eigenvalue weighted by Gasteiger charge is 2.11. The summed E-state index contributed by atoms with van der Waals surface area (Å²) in [6, 6.07) is 13.5. The van der Waals surface area contributed by atoms with Gasteiger partial charge in [0.25, 0.3) is 0 Å². The van der Waals surface area contributed by atoms with E-state index in [0.717, 1.165) is 18.4 Å². The van der Waals surface area contributed by atoms with Crippen molar-refractivity contribution in [3.05, 3.63) is 59.2 Å². The van der Waals surface area contributed by atoms with Crippen LogP contribution in [0.3, 0.4) is 0 Å². The summed E-state index contributed by atoms with van der Waals surface area (Å²) >= 11 is 0. The molecule has 7 heteroatoms. The first-order chi connectivity index (χ1) is 14.5. The molecule has 160 valence electrons. The van der Waals surface area contributed by atoms with Gasteiger partial charge in [-0.15, -0.1) is 0 Å². The average molecular weight is 412 g/mol. The maximum atomic E-state index is 11.7. The Labute approximate surface area is 177 Å². The molecule has 0 aromatic heterocycles. The maximum Gasteiger partial charge on any atom is 0.329 e. The van der Waals surface area contributed by atoms with E-state index in [1.54, 1.807) is 18.2 Å². The molecule has 0 spiro atoms. The first kappa shape index (κ1) is 22.9. The summed E-state index contributed by atoms with van der Waals surface area (Å²) in [5.74, 6) is -0.299. The molecule has 0 aliphatic heterocycles. The second-order valence-corrected chi connectivity index (χ2v) is 6.72. The van der Waals surface area contributed by atoms with Crippen LogP contribution in [-0.4, -0.2) is 31.2 Å². The van der Waals surface area contributed by atoms with Crippen molar-refractivity contribution >= 4 is 18.0 Å². The molecular weight excluding hydrogens is 382 g/mol. The second-order valence-electron chi connectivity index (χ2n) is 6.72. The summed E-state index contributed by atoms with van der Waals surface area (Å²) in [6.07, 6.45) is 3.21. The van der Waals surface area contributed by atoms with Crippen molar-refractivity contribution in [2.75, 3.05) is 13.2 Å². The Morgan fingerprint density at radius 1 is 1.00 bits per heavy atom. The molecule has 2 aromatic rings. The van der Waals surface area contributed by atoms with Crippen LogP contribution in [0, 0.1) is 6.92 Å². The minimum atomic E-state index is -0.801. The quantitative estimate of drug-likeness (QED) is 0.272. The molecule has 0 atom stereocenters. The Kier molecular flexibility index (Phi) is 9.37. The van der Waals surface area contributed by atoms with Gasteiger partial charge in [0.15, 0.2) is 11.5 Å². The van der Waals surface area contributed by atoms with Gasteiger partial charge in [0.1, 0.15) is 6.61 Å². The highest BCUT2D eigenvalue weighted by molar-refractivity contribution is 6.35. The van der Waals surface area contributed by atoms with Crippen molar-refractivity contribution in [3.63, 3.8) is 0 Å². The molecule has 0 saturated carbocycles. The van der Waals surface area contributed by atoms with Crippen LogP contribution < -0.4 is 20.2 Å². The predicted octanol–water partition coefficient (Wildman–Crippen LogP) is 3.34. The van der Waals surface area contributed by atoms with Crippen LogP contribution in [0.15, 0.2) is 47.6 Å². The van der Waals surface area contributed by atoms with Crippen LogP contribution in [0.1, 0.15) is 43.4 Å². The molecule has 30 heavy (non-hydrogen) atoms. The molecule has 2 amide bonds. The van der Waals surface area contributed by atoms with E-state index in [0.29, 0.717) is 36.8 Å². The molecule has 0 radical (unpaired) electrons. The SMILES string of the molecule is CCCCNC(=O)C(=O)N/N=C\c1ccc(OCc2ccc(C)cc2)c(OCC)c1. The van der Waals surface area contributed by atoms with Crippen LogP contribution >= 0.6 is 0 Å². The Morgan fingerprint density at radius 3 is 2.47 bits per heavy atom. The highest BCUT2D eigenvalue weighted by Crippen LogP contribution is 2.29. The standard InChI is InChI=1S/C23H29N3O4/c1-4-6-13-24-22(27)23(28)26-25-15-19-11-12-20(21(14-19)29-5-2)30-16-18-9-7-17(3)8-10-18/h7-12,14-15H,4-6,13,16H2,1-3H3,(H,24,27)(H,26,28)/b25-15-. The van der Waals surface area contributed by atoms with E-state index in [1.165, 1.54) is 11.8 Å². The van der Waals surface area contributed by atoms with E-state index in [-0.39, 0.29) is 0 Å². The number of nitrogens with one attached hydrogen (secondary N) is 2. The predicted molar refractivity (Wildman–Crippen MR) is 117 cm³/mol. The van der Waals surface area contributed by atoms with Gasteiger partial charge in [0, 0.05) is 6.54 Å². The number of hydrazone groups is 1. The third kappa shape index (κ3) is 7.58. The van der Waals surface area contributed by atoms with E-state index in [9.17, 15) is 9.59 Å². The van der Waals surface area contributed by atoms with Crippen molar-refractivity contribution in [1.29, 1.82) is 0 Å². The largest absolute Gasteiger partial charge is 0.490 e. The van der Waals surface area contributed by atoms with E-state index < -0.39 is 11.8 Å². The Hall–Kier alpha value is -3.35. The Morgan fingerprint density at radius 2 is 1.77 bits per heavy atom. The smallest absolute Gasteiger partial charge is 0.329 e. The van der Waals surface area contributed by atoms with Gasteiger partial charge in [0.05, 0.1) is 12.8 Å². The first-order valence-electron chi connectivity index (χ1n) is 10.1. The molecular formula is C23H29N3O4. The van der Waals surface area contributed by atoms with Crippen molar-refractivity contribution in [3.8, 4) is 11.5 Å². The van der Waals surface area contributed by atoms with Gasteiger partial charge >= 0.3 is 11.8 Å². The number of rotatable bonds is 10. The molecule has 2 rings (SSSR count). The lowest BCUT2D eigenvalue weighted by Gasteiger charge is -2.12. The summed E-state index contributed by atoms with van der Waals surface area (Å²) in [4.78, 5) is 23.3. The fourth-order valence-corrected chi connectivity index (χ4v) is 2.51. The molecule has 0 aliphatic rings. The number of aryl methyl sites for hydroxylation is 1. The lowest BCUT2D eigenvalue weighted by atomic mass is 10.2. The minimum absolute atomic E-state index is 0.428. The number of unbranched alkanes of at least 4 members (excludes halogenated alkanes) is 1. The van der Waals surface area contributed by atoms with Crippen LogP contribution in [0.2, 0.25) is 0 Å². The number of hydrogen-bond acceptors (Lipinski definition) is 5. The maximum absolute atomic E-state index is 11.7. The average Bonchev–Trinajstić information content (AvgIpc) is 2.74. The zero-order valence-corrected chi connectivity index (χ0v) is 17.7. The van der Waals surface area contributed by atoms with E-state index in [1.807, 2.05) is 45.0 Å². The fraction of sp³-hybridized carbons (Fsp3) is 0.348. The van der Waals surface area contributed by atoms with Crippen molar-refractivity contribution in [2.24, 2.45) is 5.10 Å². The number of carbonyl (C=O) groups excluding carboxylic acids is 2. The Bertz CT molecular complexity index is 863. The third-order valence-corrected chi connectivity index (χ3v) is 4.18. The number of nitrogens with zero attached hydrogens (tertiary/aromatic N) is 1. The topological polar surface area (TPSA) is 89.0 Å². The monoisotopic (exact) mass is 411 g/mol. The van der Waals surface area contributed by atoms with Crippen molar-refractivity contribution < 1.29 is 19.1 Å². The molecule has 2 aromatic carbocycles. The van der Waals surface area contributed by atoms with Gasteiger partial charge in [0.2, 0.25) is 0 Å². The molecule has 0 unspecified atom stereocenters. The first-order valence-corrected chi connectivity index (χ1v) is 10.1. The van der Waals surface area contributed by atoms with Crippen LogP contribution in [0.5, 0.6) is 11.5 Å². The molecule has 2 N–H and O–H groups in total. The number of ether oxygens (including phenoxy) is 2. The lowest BCUT2D eigenvalue weighted by Crippen LogP contribution is -2.38. The summed E-state index contributed by atoms with van der Waals surface area (Å²) in [6.45, 7) is 7.31. The van der Waals surface area contributed by atoms with E-state index >= 15 is 0 Å². The van der Waals surface area contributed by atoms with Crippen LogP contribution in [-0.2, 0) is 16.2 Å². The van der Waals surface area contributed by atoms with Gasteiger partial charge in [-0.25, -0.2) is 5.43 Å². The molecule has 0 heterocycles. The van der Waals surface area contributed by atoms with Crippen LogP contribution in [0.4, 0.5) is 0 Å². The van der Waals surface area contributed by atoms with E-state index in [4.69, 9.17) is 9.47 Å². The zero-order valence-electron chi connectivity index (χ0n) is 17.7. The van der Waals surface area contributed by atoms with Gasteiger partial charge in [-0.3, -0.25) is 9.59 Å². The number of amides is 2. The summed E-state index contributed by atoms with van der Waals surface area (Å²) in [5, 5.41) is 6.38. The highest BCUT2D eigenvalue weighted by atomic mass is 16.5. The summed E-state index contributed by atoms with van der Waals surface area (Å²) in [5.41, 5.74) is 5.18. The zero-order chi connectivity index (χ0) is 21.8. The molecule has 0 bridgehead atoms. The molecule has 7 nitrogen and oxygen atoms in total. The molecule has 0 fully saturated rings. The minimum Gasteiger partial charge on any atom is -0.490 e. The van der Waals surface area contributed by atoms with Crippen molar-refractivity contribution in [2.45, 2.75) is 40.2 Å². The van der Waals surface area contributed by atoms with Gasteiger partial charge in [-0.1, -0.05) is 43.2 Å². The lowest BCUT2D eigenvalue weighted by molar-refractivity contribution is -0.139.